The second-order valence-corrected chi connectivity index (χ2v) is 5.58. The van der Waals surface area contributed by atoms with Crippen LogP contribution in [0.3, 0.4) is 0 Å². The third kappa shape index (κ3) is 4.98. The van der Waals surface area contributed by atoms with E-state index in [1.165, 1.54) is 30.0 Å². The van der Waals surface area contributed by atoms with Crippen molar-refractivity contribution in [3.8, 4) is 0 Å². The van der Waals surface area contributed by atoms with Gasteiger partial charge in [0.2, 0.25) is 0 Å². The molecule has 0 spiro atoms. The normalized spacial score (nSPS) is 12.3. The van der Waals surface area contributed by atoms with Crippen LogP contribution in [0.15, 0.2) is 48.5 Å². The maximum atomic E-state index is 13.1. The number of hydrogen-bond acceptors (Lipinski definition) is 1. The average Bonchev–Trinajstić information content (AvgIpc) is 2.51. The van der Waals surface area contributed by atoms with Crippen LogP contribution in [0.5, 0.6) is 0 Å². The molecule has 1 nitrogen and oxygen atoms in total. The fraction of sp³-hybridized carbons (Fsp3) is 0.368. The number of benzene rings is 2. The molecule has 1 N–H and O–H groups in total. The molecule has 0 radical (unpaired) electrons. The molecule has 2 aromatic carbocycles. The van der Waals surface area contributed by atoms with Crippen molar-refractivity contribution in [2.45, 2.75) is 45.7 Å². The predicted molar refractivity (Wildman–Crippen MR) is 86.7 cm³/mol. The standard InChI is InChI=1S/C19H24FN/c1-3-4-6-16-9-11-18(12-10-16)15(2)21-14-17-7-5-8-19(20)13-17/h5,7-13,15,21H,3-4,6,14H2,1-2H3. The summed E-state index contributed by atoms with van der Waals surface area (Å²) < 4.78 is 13.1. The van der Waals surface area contributed by atoms with Gasteiger partial charge >= 0.3 is 0 Å². The molecule has 0 heterocycles. The molecule has 1 unspecified atom stereocenters. The van der Waals surface area contributed by atoms with Gasteiger partial charge in [-0.05, 0) is 48.6 Å². The number of nitrogens with one attached hydrogen (secondary N) is 1. The predicted octanol–water partition coefficient (Wildman–Crippen LogP) is 5.02. The first-order chi connectivity index (χ1) is 10.2. The molecule has 112 valence electrons. The SMILES string of the molecule is CCCCc1ccc(C(C)NCc2cccc(F)c2)cc1. The number of aryl methyl sites for hydroxylation is 1. The van der Waals surface area contributed by atoms with Crippen molar-refractivity contribution >= 4 is 0 Å². The van der Waals surface area contributed by atoms with E-state index in [2.05, 4.69) is 43.4 Å². The van der Waals surface area contributed by atoms with Crippen LogP contribution in [0.2, 0.25) is 0 Å². The maximum absolute atomic E-state index is 13.1. The van der Waals surface area contributed by atoms with Gasteiger partial charge in [0.1, 0.15) is 5.82 Å². The molecule has 0 aliphatic heterocycles. The third-order valence-corrected chi connectivity index (χ3v) is 3.80. The first-order valence-corrected chi connectivity index (χ1v) is 7.75. The summed E-state index contributed by atoms with van der Waals surface area (Å²) in [6.45, 7) is 5.03. The van der Waals surface area contributed by atoms with E-state index in [1.54, 1.807) is 12.1 Å². The van der Waals surface area contributed by atoms with E-state index in [0.29, 0.717) is 6.54 Å². The van der Waals surface area contributed by atoms with E-state index >= 15 is 0 Å². The van der Waals surface area contributed by atoms with Crippen molar-refractivity contribution in [2.24, 2.45) is 0 Å². The molecule has 0 saturated heterocycles. The minimum atomic E-state index is -0.178. The van der Waals surface area contributed by atoms with E-state index in [9.17, 15) is 4.39 Å². The van der Waals surface area contributed by atoms with E-state index in [1.807, 2.05) is 6.07 Å². The van der Waals surface area contributed by atoms with Gasteiger partial charge in [-0.15, -0.1) is 0 Å². The number of rotatable bonds is 7. The van der Waals surface area contributed by atoms with Gasteiger partial charge in [-0.1, -0.05) is 49.7 Å². The van der Waals surface area contributed by atoms with Crippen molar-refractivity contribution in [3.63, 3.8) is 0 Å². The lowest BCUT2D eigenvalue weighted by atomic mass is 10.0. The minimum absolute atomic E-state index is 0.178. The molecule has 2 aromatic rings. The Kier molecular flexibility index (Phi) is 5.94. The second kappa shape index (κ2) is 7.94. The lowest BCUT2D eigenvalue weighted by Crippen LogP contribution is -2.18. The Balaban J connectivity index is 1.89. The second-order valence-electron chi connectivity index (χ2n) is 5.58. The maximum Gasteiger partial charge on any atom is 0.123 e. The summed E-state index contributed by atoms with van der Waals surface area (Å²) in [5, 5.41) is 3.44. The van der Waals surface area contributed by atoms with Crippen molar-refractivity contribution < 1.29 is 4.39 Å². The monoisotopic (exact) mass is 285 g/mol. The molecule has 21 heavy (non-hydrogen) atoms. The lowest BCUT2D eigenvalue weighted by Gasteiger charge is -2.15. The van der Waals surface area contributed by atoms with Gasteiger partial charge in [0, 0.05) is 12.6 Å². The van der Waals surface area contributed by atoms with E-state index in [0.717, 1.165) is 12.0 Å². The van der Waals surface area contributed by atoms with Crippen LogP contribution in [-0.2, 0) is 13.0 Å². The highest BCUT2D eigenvalue weighted by atomic mass is 19.1. The summed E-state index contributed by atoms with van der Waals surface area (Å²) in [5.41, 5.74) is 3.64. The Morgan fingerprint density at radius 3 is 2.48 bits per heavy atom. The highest BCUT2D eigenvalue weighted by Crippen LogP contribution is 2.15. The van der Waals surface area contributed by atoms with Crippen LogP contribution in [-0.4, -0.2) is 0 Å². The van der Waals surface area contributed by atoms with E-state index < -0.39 is 0 Å². The van der Waals surface area contributed by atoms with Crippen molar-refractivity contribution in [1.29, 1.82) is 0 Å². The first-order valence-electron chi connectivity index (χ1n) is 7.75. The smallest absolute Gasteiger partial charge is 0.123 e. The molecule has 2 rings (SSSR count). The summed E-state index contributed by atoms with van der Waals surface area (Å²) >= 11 is 0. The van der Waals surface area contributed by atoms with Crippen LogP contribution in [0, 0.1) is 5.82 Å². The van der Waals surface area contributed by atoms with Gasteiger partial charge in [0.05, 0.1) is 0 Å². The highest BCUT2D eigenvalue weighted by molar-refractivity contribution is 5.25. The van der Waals surface area contributed by atoms with Crippen LogP contribution >= 0.6 is 0 Å². The molecule has 0 aliphatic rings. The van der Waals surface area contributed by atoms with Gasteiger partial charge < -0.3 is 5.32 Å². The third-order valence-electron chi connectivity index (χ3n) is 3.80. The zero-order valence-corrected chi connectivity index (χ0v) is 12.9. The van der Waals surface area contributed by atoms with Gasteiger partial charge in [-0.2, -0.15) is 0 Å². The molecule has 0 fully saturated rings. The van der Waals surface area contributed by atoms with Gasteiger partial charge in [-0.3, -0.25) is 0 Å². The van der Waals surface area contributed by atoms with E-state index in [4.69, 9.17) is 0 Å². The van der Waals surface area contributed by atoms with Crippen molar-refractivity contribution in [1.82, 2.24) is 5.32 Å². The minimum Gasteiger partial charge on any atom is -0.306 e. The van der Waals surface area contributed by atoms with Crippen LogP contribution < -0.4 is 5.32 Å². The van der Waals surface area contributed by atoms with Gasteiger partial charge in [0.15, 0.2) is 0 Å². The lowest BCUT2D eigenvalue weighted by molar-refractivity contribution is 0.569. The Bertz CT molecular complexity index is 548. The van der Waals surface area contributed by atoms with Crippen LogP contribution in [0.1, 0.15) is 49.4 Å². The summed E-state index contributed by atoms with van der Waals surface area (Å²) in [4.78, 5) is 0. The molecule has 0 aliphatic carbocycles. The van der Waals surface area contributed by atoms with Crippen LogP contribution in [0.4, 0.5) is 4.39 Å². The Morgan fingerprint density at radius 2 is 1.81 bits per heavy atom. The van der Waals surface area contributed by atoms with Gasteiger partial charge in [-0.25, -0.2) is 4.39 Å². The zero-order valence-electron chi connectivity index (χ0n) is 12.9. The van der Waals surface area contributed by atoms with Gasteiger partial charge in [0.25, 0.3) is 0 Å². The average molecular weight is 285 g/mol. The highest BCUT2D eigenvalue weighted by Gasteiger charge is 2.05. The molecule has 0 saturated carbocycles. The Hall–Kier alpha value is -1.67. The molecule has 0 bridgehead atoms. The number of halogens is 1. The van der Waals surface area contributed by atoms with Crippen LogP contribution in [0.25, 0.3) is 0 Å². The summed E-state index contributed by atoms with van der Waals surface area (Å²) in [6.07, 6.45) is 3.63. The van der Waals surface area contributed by atoms with Crippen molar-refractivity contribution in [3.05, 3.63) is 71.0 Å². The summed E-state index contributed by atoms with van der Waals surface area (Å²) in [6, 6.07) is 15.8. The fourth-order valence-corrected chi connectivity index (χ4v) is 2.39. The molecule has 0 amide bonds. The fourth-order valence-electron chi connectivity index (χ4n) is 2.39. The molecule has 1 atom stereocenters. The summed E-state index contributed by atoms with van der Waals surface area (Å²) in [7, 11) is 0. The molecular weight excluding hydrogens is 261 g/mol. The molecular formula is C19H24FN. The topological polar surface area (TPSA) is 12.0 Å². The Labute approximate surface area is 127 Å². The number of hydrogen-bond donors (Lipinski definition) is 1. The zero-order chi connectivity index (χ0) is 15.1. The molecule has 0 aromatic heterocycles. The first kappa shape index (κ1) is 15.7. The number of unbranched alkanes of at least 4 members (excludes halogenated alkanes) is 1. The largest absolute Gasteiger partial charge is 0.306 e. The quantitative estimate of drug-likeness (QED) is 0.753. The summed E-state index contributed by atoms with van der Waals surface area (Å²) in [5.74, 6) is -0.178. The Morgan fingerprint density at radius 1 is 1.05 bits per heavy atom. The van der Waals surface area contributed by atoms with E-state index in [-0.39, 0.29) is 11.9 Å². The molecule has 2 heteroatoms. The van der Waals surface area contributed by atoms with Crippen molar-refractivity contribution in [2.75, 3.05) is 0 Å².